The van der Waals surface area contributed by atoms with E-state index >= 15 is 0 Å². The van der Waals surface area contributed by atoms with Crippen molar-refractivity contribution in [2.75, 3.05) is 14.2 Å². The Kier molecular flexibility index (Phi) is 7.48. The zero-order chi connectivity index (χ0) is 19.0. The van der Waals surface area contributed by atoms with E-state index in [2.05, 4.69) is 11.6 Å². The summed E-state index contributed by atoms with van der Waals surface area (Å²) < 4.78 is 38.1. The summed E-state index contributed by atoms with van der Waals surface area (Å²) in [5.41, 5.74) is 1.93. The maximum atomic E-state index is 12.5. The maximum Gasteiger partial charge on any atom is 0.240 e. The molecule has 0 spiro atoms. The second-order valence-corrected chi connectivity index (χ2v) is 7.91. The number of sulfonamides is 1. The molecule has 1 N–H and O–H groups in total. The number of hydrogen-bond acceptors (Lipinski definition) is 4. The fraction of sp³-hybridized carbons (Fsp3) is 0.400. The Bertz CT molecular complexity index is 779. The van der Waals surface area contributed by atoms with Crippen molar-refractivity contribution in [1.29, 1.82) is 0 Å². The van der Waals surface area contributed by atoms with E-state index in [9.17, 15) is 8.42 Å². The Morgan fingerprint density at radius 3 is 2.04 bits per heavy atom. The number of rotatable bonds is 10. The molecule has 6 heteroatoms. The third-order valence-electron chi connectivity index (χ3n) is 4.18. The van der Waals surface area contributed by atoms with Crippen LogP contribution in [0.1, 0.15) is 37.3 Å². The highest BCUT2D eigenvalue weighted by atomic mass is 32.2. The molecule has 0 aromatic heterocycles. The minimum absolute atomic E-state index is 0.161. The van der Waals surface area contributed by atoms with Gasteiger partial charge in [-0.3, -0.25) is 0 Å². The molecule has 26 heavy (non-hydrogen) atoms. The quantitative estimate of drug-likeness (QED) is 0.638. The molecule has 2 rings (SSSR count). The average Bonchev–Trinajstić information content (AvgIpc) is 2.66. The Labute approximate surface area is 156 Å². The molecule has 0 fully saturated rings. The molecule has 0 amide bonds. The van der Waals surface area contributed by atoms with E-state index in [-0.39, 0.29) is 11.4 Å². The number of ether oxygens (including phenoxy) is 2. The van der Waals surface area contributed by atoms with Gasteiger partial charge in [-0.25, -0.2) is 13.1 Å². The monoisotopic (exact) mass is 377 g/mol. The van der Waals surface area contributed by atoms with Gasteiger partial charge in [0.25, 0.3) is 0 Å². The highest BCUT2D eigenvalue weighted by molar-refractivity contribution is 7.89. The van der Waals surface area contributed by atoms with Crippen molar-refractivity contribution in [2.24, 2.45) is 0 Å². The van der Waals surface area contributed by atoms with E-state index in [0.29, 0.717) is 11.5 Å². The lowest BCUT2D eigenvalue weighted by atomic mass is 10.1. The smallest absolute Gasteiger partial charge is 0.240 e. The van der Waals surface area contributed by atoms with E-state index in [1.165, 1.54) is 12.8 Å². The number of methoxy groups -OCH3 is 2. The number of unbranched alkanes of at least 4 members (excludes halogenated alkanes) is 2. The van der Waals surface area contributed by atoms with Crippen molar-refractivity contribution in [3.63, 3.8) is 0 Å². The molecule has 2 aromatic rings. The summed E-state index contributed by atoms with van der Waals surface area (Å²) in [5.74, 6) is 1.24. The van der Waals surface area contributed by atoms with Gasteiger partial charge in [0, 0.05) is 12.6 Å². The first-order valence-electron chi connectivity index (χ1n) is 8.79. The number of nitrogens with one attached hydrogen (secondary N) is 1. The molecule has 142 valence electrons. The highest BCUT2D eigenvalue weighted by Gasteiger charge is 2.14. The summed E-state index contributed by atoms with van der Waals surface area (Å²) >= 11 is 0. The van der Waals surface area contributed by atoms with Crippen LogP contribution in [0.15, 0.2) is 47.4 Å². The molecular formula is C20H27NO4S. The normalized spacial score (nSPS) is 11.3. The molecule has 0 saturated heterocycles. The van der Waals surface area contributed by atoms with Crippen molar-refractivity contribution in [2.45, 2.75) is 44.0 Å². The fourth-order valence-corrected chi connectivity index (χ4v) is 3.66. The van der Waals surface area contributed by atoms with Gasteiger partial charge < -0.3 is 9.47 Å². The van der Waals surface area contributed by atoms with E-state index in [1.54, 1.807) is 44.6 Å². The van der Waals surface area contributed by atoms with Crippen LogP contribution in [0.2, 0.25) is 0 Å². The molecule has 0 radical (unpaired) electrons. The summed E-state index contributed by atoms with van der Waals surface area (Å²) in [6, 6.07) is 12.4. The van der Waals surface area contributed by atoms with Gasteiger partial charge in [-0.05, 0) is 48.2 Å². The van der Waals surface area contributed by atoms with Crippen LogP contribution < -0.4 is 14.2 Å². The highest BCUT2D eigenvalue weighted by Crippen LogP contribution is 2.23. The van der Waals surface area contributed by atoms with Crippen molar-refractivity contribution >= 4 is 10.0 Å². The van der Waals surface area contributed by atoms with Gasteiger partial charge in [0.1, 0.15) is 11.5 Å². The van der Waals surface area contributed by atoms with Crippen molar-refractivity contribution in [3.8, 4) is 11.5 Å². The Balaban J connectivity index is 2.04. The third-order valence-corrected chi connectivity index (χ3v) is 5.60. The summed E-state index contributed by atoms with van der Waals surface area (Å²) in [6.07, 6.45) is 4.46. The standard InChI is InChI=1S/C20H27NO4S/c1-4-5-6-7-16-8-10-20(11-9-16)26(22,23)21-15-17-12-18(24-2)14-19(13-17)25-3/h8-14,21H,4-7,15H2,1-3H3. The third kappa shape index (κ3) is 5.75. The van der Waals surface area contributed by atoms with Crippen LogP contribution >= 0.6 is 0 Å². The van der Waals surface area contributed by atoms with Gasteiger partial charge in [-0.2, -0.15) is 0 Å². The summed E-state index contributed by atoms with van der Waals surface area (Å²) in [5, 5.41) is 0. The van der Waals surface area contributed by atoms with Crippen LogP contribution in [0.3, 0.4) is 0 Å². The predicted molar refractivity (Wildman–Crippen MR) is 103 cm³/mol. The van der Waals surface area contributed by atoms with E-state index in [4.69, 9.17) is 9.47 Å². The lowest BCUT2D eigenvalue weighted by Gasteiger charge is -2.10. The van der Waals surface area contributed by atoms with Crippen LogP contribution in [-0.4, -0.2) is 22.6 Å². The van der Waals surface area contributed by atoms with Gasteiger partial charge >= 0.3 is 0 Å². The second-order valence-electron chi connectivity index (χ2n) is 6.15. The topological polar surface area (TPSA) is 64.6 Å². The molecule has 0 aliphatic carbocycles. The lowest BCUT2D eigenvalue weighted by molar-refractivity contribution is 0.393. The lowest BCUT2D eigenvalue weighted by Crippen LogP contribution is -2.23. The number of benzene rings is 2. The molecule has 0 heterocycles. The van der Waals surface area contributed by atoms with E-state index in [0.717, 1.165) is 24.0 Å². The molecule has 0 bridgehead atoms. The maximum absolute atomic E-state index is 12.5. The van der Waals surface area contributed by atoms with Crippen LogP contribution in [0.25, 0.3) is 0 Å². The summed E-state index contributed by atoms with van der Waals surface area (Å²) in [4.78, 5) is 0.270. The van der Waals surface area contributed by atoms with E-state index in [1.807, 2.05) is 12.1 Å². The minimum atomic E-state index is -3.57. The second kappa shape index (κ2) is 9.59. The van der Waals surface area contributed by atoms with E-state index < -0.39 is 10.0 Å². The Hall–Kier alpha value is -2.05. The first-order valence-corrected chi connectivity index (χ1v) is 10.3. The molecule has 0 unspecified atom stereocenters. The Morgan fingerprint density at radius 2 is 1.50 bits per heavy atom. The largest absolute Gasteiger partial charge is 0.497 e. The molecular weight excluding hydrogens is 350 g/mol. The zero-order valence-corrected chi connectivity index (χ0v) is 16.4. The molecule has 5 nitrogen and oxygen atoms in total. The van der Waals surface area contributed by atoms with Gasteiger partial charge in [-0.1, -0.05) is 31.9 Å². The SMILES string of the molecule is CCCCCc1ccc(S(=O)(=O)NCc2cc(OC)cc(OC)c2)cc1. The van der Waals surface area contributed by atoms with Gasteiger partial charge in [0.15, 0.2) is 0 Å². The van der Waals surface area contributed by atoms with Crippen LogP contribution in [0, 0.1) is 0 Å². The summed E-state index contributed by atoms with van der Waals surface area (Å²) in [6.45, 7) is 2.33. The minimum Gasteiger partial charge on any atom is -0.497 e. The van der Waals surface area contributed by atoms with Crippen molar-refractivity contribution in [3.05, 3.63) is 53.6 Å². The predicted octanol–water partition coefficient (Wildman–Crippen LogP) is 3.92. The first-order chi connectivity index (χ1) is 12.5. The molecule has 2 aromatic carbocycles. The van der Waals surface area contributed by atoms with Crippen molar-refractivity contribution in [1.82, 2.24) is 4.72 Å². The fourth-order valence-electron chi connectivity index (χ4n) is 2.64. The average molecular weight is 378 g/mol. The van der Waals surface area contributed by atoms with Gasteiger partial charge in [0.2, 0.25) is 10.0 Å². The van der Waals surface area contributed by atoms with Crippen LogP contribution in [0.4, 0.5) is 0 Å². The van der Waals surface area contributed by atoms with Crippen LogP contribution in [-0.2, 0) is 23.0 Å². The number of hydrogen-bond donors (Lipinski definition) is 1. The molecule has 0 atom stereocenters. The molecule has 0 saturated carbocycles. The molecule has 0 aliphatic heterocycles. The first kappa shape index (κ1) is 20.3. The van der Waals surface area contributed by atoms with Crippen LogP contribution in [0.5, 0.6) is 11.5 Å². The Morgan fingerprint density at radius 1 is 0.885 bits per heavy atom. The van der Waals surface area contributed by atoms with Gasteiger partial charge in [-0.15, -0.1) is 0 Å². The van der Waals surface area contributed by atoms with Crippen molar-refractivity contribution < 1.29 is 17.9 Å². The molecule has 0 aliphatic rings. The van der Waals surface area contributed by atoms with Gasteiger partial charge in [0.05, 0.1) is 19.1 Å². The zero-order valence-electron chi connectivity index (χ0n) is 15.6. The summed E-state index contributed by atoms with van der Waals surface area (Å²) in [7, 11) is -0.451. The number of aryl methyl sites for hydroxylation is 1.